The highest BCUT2D eigenvalue weighted by Gasteiger charge is 2.40. The lowest BCUT2D eigenvalue weighted by Crippen LogP contribution is -2.45. The van der Waals surface area contributed by atoms with Gasteiger partial charge in [-0.3, -0.25) is 0 Å². The van der Waals surface area contributed by atoms with Crippen LogP contribution in [-0.2, 0) is 6.42 Å². The molecular weight excluding hydrogens is 224 g/mol. The minimum atomic E-state index is -0.597. The Kier molecular flexibility index (Phi) is 3.96. The standard InChI is InChI=1S/C16H24O2/c1-12(2)15-8-3-4-9-16(15,18)11-13-6-5-7-14(17)10-13/h5-7,10,12,15,17-18H,3-4,8-9,11H2,1-2H3. The molecule has 2 atom stereocenters. The van der Waals surface area contributed by atoms with Gasteiger partial charge in [0.25, 0.3) is 0 Å². The normalized spacial score (nSPS) is 28.6. The monoisotopic (exact) mass is 248 g/mol. The summed E-state index contributed by atoms with van der Waals surface area (Å²) >= 11 is 0. The van der Waals surface area contributed by atoms with Crippen LogP contribution in [0.4, 0.5) is 0 Å². The fraction of sp³-hybridized carbons (Fsp3) is 0.625. The predicted molar refractivity (Wildman–Crippen MR) is 73.6 cm³/mol. The maximum atomic E-state index is 11.0. The number of benzene rings is 1. The first kappa shape index (κ1) is 13.4. The molecule has 0 radical (unpaired) electrons. The molecule has 1 saturated carbocycles. The molecule has 2 rings (SSSR count). The van der Waals surface area contributed by atoms with E-state index < -0.39 is 5.60 Å². The van der Waals surface area contributed by atoms with Crippen LogP contribution in [0.1, 0.15) is 45.1 Å². The Labute approximate surface area is 110 Å². The molecule has 2 N–H and O–H groups in total. The van der Waals surface area contributed by atoms with Gasteiger partial charge in [-0.15, -0.1) is 0 Å². The van der Waals surface area contributed by atoms with Crippen LogP contribution >= 0.6 is 0 Å². The molecule has 100 valence electrons. The maximum absolute atomic E-state index is 11.0. The quantitative estimate of drug-likeness (QED) is 0.859. The van der Waals surface area contributed by atoms with E-state index >= 15 is 0 Å². The molecule has 1 aliphatic carbocycles. The highest BCUT2D eigenvalue weighted by molar-refractivity contribution is 5.28. The van der Waals surface area contributed by atoms with Crippen LogP contribution in [0.25, 0.3) is 0 Å². The van der Waals surface area contributed by atoms with Crippen molar-refractivity contribution in [2.45, 2.75) is 51.6 Å². The van der Waals surface area contributed by atoms with Gasteiger partial charge in [0.05, 0.1) is 5.60 Å². The molecule has 1 aromatic rings. The van der Waals surface area contributed by atoms with E-state index in [0.29, 0.717) is 18.3 Å². The summed E-state index contributed by atoms with van der Waals surface area (Å²) in [7, 11) is 0. The lowest BCUT2D eigenvalue weighted by molar-refractivity contribution is -0.0652. The number of hydrogen-bond acceptors (Lipinski definition) is 2. The second-order valence-electron chi connectivity index (χ2n) is 6.05. The molecule has 0 spiro atoms. The van der Waals surface area contributed by atoms with E-state index in [9.17, 15) is 10.2 Å². The van der Waals surface area contributed by atoms with Crippen molar-refractivity contribution >= 4 is 0 Å². The van der Waals surface area contributed by atoms with Gasteiger partial charge in [0.1, 0.15) is 5.75 Å². The molecule has 1 aliphatic rings. The van der Waals surface area contributed by atoms with E-state index in [1.165, 1.54) is 6.42 Å². The van der Waals surface area contributed by atoms with E-state index in [1.54, 1.807) is 12.1 Å². The van der Waals surface area contributed by atoms with Gasteiger partial charge in [-0.1, -0.05) is 38.8 Å². The van der Waals surface area contributed by atoms with Crippen LogP contribution in [0.3, 0.4) is 0 Å². The lowest BCUT2D eigenvalue weighted by atomic mass is 9.68. The number of rotatable bonds is 3. The second kappa shape index (κ2) is 5.31. The van der Waals surface area contributed by atoms with Crippen LogP contribution in [0, 0.1) is 11.8 Å². The van der Waals surface area contributed by atoms with E-state index in [4.69, 9.17) is 0 Å². The van der Waals surface area contributed by atoms with Crippen molar-refractivity contribution in [3.63, 3.8) is 0 Å². The summed E-state index contributed by atoms with van der Waals surface area (Å²) in [5, 5.41) is 20.5. The molecule has 2 unspecified atom stereocenters. The van der Waals surface area contributed by atoms with E-state index in [-0.39, 0.29) is 5.75 Å². The Morgan fingerprint density at radius 1 is 1.33 bits per heavy atom. The summed E-state index contributed by atoms with van der Waals surface area (Å²) in [5.41, 5.74) is 0.435. The number of aromatic hydroxyl groups is 1. The zero-order valence-electron chi connectivity index (χ0n) is 11.4. The summed E-state index contributed by atoms with van der Waals surface area (Å²) in [6.07, 6.45) is 4.99. The minimum Gasteiger partial charge on any atom is -0.508 e. The second-order valence-corrected chi connectivity index (χ2v) is 6.05. The lowest BCUT2D eigenvalue weighted by Gasteiger charge is -2.42. The van der Waals surface area contributed by atoms with Crippen molar-refractivity contribution in [3.8, 4) is 5.75 Å². The Balaban J connectivity index is 2.18. The molecule has 0 heterocycles. The smallest absolute Gasteiger partial charge is 0.115 e. The van der Waals surface area contributed by atoms with Crippen molar-refractivity contribution in [1.82, 2.24) is 0 Å². The van der Waals surface area contributed by atoms with Gasteiger partial charge >= 0.3 is 0 Å². The third kappa shape index (κ3) is 2.86. The SMILES string of the molecule is CC(C)C1CCCCC1(O)Cc1cccc(O)c1. The maximum Gasteiger partial charge on any atom is 0.115 e. The van der Waals surface area contributed by atoms with Crippen LogP contribution < -0.4 is 0 Å². The summed E-state index contributed by atoms with van der Waals surface area (Å²) in [6.45, 7) is 4.40. The third-order valence-electron chi connectivity index (χ3n) is 4.29. The average Bonchev–Trinajstić information content (AvgIpc) is 2.28. The number of hydrogen-bond donors (Lipinski definition) is 2. The van der Waals surface area contributed by atoms with E-state index in [2.05, 4.69) is 13.8 Å². The fourth-order valence-corrected chi connectivity index (χ4v) is 3.44. The van der Waals surface area contributed by atoms with Crippen LogP contribution in [0.5, 0.6) is 5.75 Å². The first-order chi connectivity index (χ1) is 8.51. The Hall–Kier alpha value is -1.02. The Morgan fingerprint density at radius 3 is 2.78 bits per heavy atom. The molecule has 2 nitrogen and oxygen atoms in total. The van der Waals surface area contributed by atoms with Crippen LogP contribution in [0.2, 0.25) is 0 Å². The van der Waals surface area contributed by atoms with Gasteiger partial charge in [-0.05, 0) is 42.4 Å². The summed E-state index contributed by atoms with van der Waals surface area (Å²) < 4.78 is 0. The van der Waals surface area contributed by atoms with E-state index in [0.717, 1.165) is 24.8 Å². The van der Waals surface area contributed by atoms with Crippen molar-refractivity contribution in [3.05, 3.63) is 29.8 Å². The number of aliphatic hydroxyl groups is 1. The molecule has 0 aromatic heterocycles. The first-order valence-electron chi connectivity index (χ1n) is 7.01. The molecular formula is C16H24O2. The van der Waals surface area contributed by atoms with Gasteiger partial charge in [-0.25, -0.2) is 0 Å². The number of phenolic OH excluding ortho intramolecular Hbond substituents is 1. The van der Waals surface area contributed by atoms with Crippen molar-refractivity contribution in [2.75, 3.05) is 0 Å². The molecule has 0 saturated heterocycles. The minimum absolute atomic E-state index is 0.285. The average molecular weight is 248 g/mol. The zero-order chi connectivity index (χ0) is 13.2. The largest absolute Gasteiger partial charge is 0.508 e. The van der Waals surface area contributed by atoms with Gasteiger partial charge in [-0.2, -0.15) is 0 Å². The summed E-state index contributed by atoms with van der Waals surface area (Å²) in [5.74, 6) is 1.16. The fourth-order valence-electron chi connectivity index (χ4n) is 3.44. The molecule has 18 heavy (non-hydrogen) atoms. The first-order valence-corrected chi connectivity index (χ1v) is 7.01. The third-order valence-corrected chi connectivity index (χ3v) is 4.29. The predicted octanol–water partition coefficient (Wildman–Crippen LogP) is 3.51. The highest BCUT2D eigenvalue weighted by Crippen LogP contribution is 2.40. The molecule has 0 amide bonds. The van der Waals surface area contributed by atoms with Crippen LogP contribution in [-0.4, -0.2) is 15.8 Å². The zero-order valence-corrected chi connectivity index (χ0v) is 11.4. The highest BCUT2D eigenvalue weighted by atomic mass is 16.3. The molecule has 1 fully saturated rings. The van der Waals surface area contributed by atoms with Crippen LogP contribution in [0.15, 0.2) is 24.3 Å². The summed E-state index contributed by atoms with van der Waals surface area (Å²) in [4.78, 5) is 0. The molecule has 1 aromatic carbocycles. The Morgan fingerprint density at radius 2 is 2.11 bits per heavy atom. The molecule has 0 bridgehead atoms. The van der Waals surface area contributed by atoms with Gasteiger partial charge < -0.3 is 10.2 Å². The Bertz CT molecular complexity index is 400. The topological polar surface area (TPSA) is 40.5 Å². The van der Waals surface area contributed by atoms with Crippen molar-refractivity contribution in [1.29, 1.82) is 0 Å². The molecule has 0 aliphatic heterocycles. The van der Waals surface area contributed by atoms with Gasteiger partial charge in [0.15, 0.2) is 0 Å². The van der Waals surface area contributed by atoms with E-state index in [1.807, 2.05) is 12.1 Å². The van der Waals surface area contributed by atoms with Gasteiger partial charge in [0.2, 0.25) is 0 Å². The molecule has 2 heteroatoms. The number of phenols is 1. The summed E-state index contributed by atoms with van der Waals surface area (Å²) in [6, 6.07) is 7.28. The van der Waals surface area contributed by atoms with Crippen molar-refractivity contribution < 1.29 is 10.2 Å². The van der Waals surface area contributed by atoms with Gasteiger partial charge in [0, 0.05) is 6.42 Å². The van der Waals surface area contributed by atoms with Crippen molar-refractivity contribution in [2.24, 2.45) is 11.8 Å².